The number of nitrogens with one attached hydrogen (secondary N) is 1. The Balaban J connectivity index is 2.03. The van der Waals surface area contributed by atoms with Gasteiger partial charge in [0, 0.05) is 12.1 Å². The molecule has 0 radical (unpaired) electrons. The lowest BCUT2D eigenvalue weighted by Crippen LogP contribution is -2.28. The monoisotopic (exact) mass is 350 g/mol. The molecule has 0 bridgehead atoms. The smallest absolute Gasteiger partial charge is 0.251 e. The first-order valence-corrected chi connectivity index (χ1v) is 7.65. The lowest BCUT2D eigenvalue weighted by atomic mass is 10.1. The van der Waals surface area contributed by atoms with E-state index in [0.29, 0.717) is 27.9 Å². The van der Waals surface area contributed by atoms with Crippen LogP contribution < -0.4 is 14.8 Å². The molecule has 128 valence electrons. The number of benzene rings is 1. The number of amides is 1. The van der Waals surface area contributed by atoms with E-state index in [9.17, 15) is 9.90 Å². The molecule has 0 aliphatic rings. The molecule has 6 nitrogen and oxygen atoms in total. The Morgan fingerprint density at radius 3 is 2.58 bits per heavy atom. The van der Waals surface area contributed by atoms with Crippen molar-refractivity contribution < 1.29 is 19.4 Å². The first-order valence-electron chi connectivity index (χ1n) is 7.27. The number of pyridine rings is 1. The molecule has 1 heterocycles. The van der Waals surface area contributed by atoms with Crippen LogP contribution in [0.1, 0.15) is 27.7 Å². The Morgan fingerprint density at radius 1 is 1.25 bits per heavy atom. The summed E-state index contributed by atoms with van der Waals surface area (Å²) in [5, 5.41) is 13.1. The van der Waals surface area contributed by atoms with Gasteiger partial charge in [-0.15, -0.1) is 0 Å². The Bertz CT molecular complexity index is 737. The quantitative estimate of drug-likeness (QED) is 0.782. The van der Waals surface area contributed by atoms with Crippen molar-refractivity contribution in [1.82, 2.24) is 10.3 Å². The summed E-state index contributed by atoms with van der Waals surface area (Å²) in [6.45, 7) is 1.84. The molecule has 1 aromatic heterocycles. The summed E-state index contributed by atoms with van der Waals surface area (Å²) >= 11 is 5.94. The van der Waals surface area contributed by atoms with Crippen LogP contribution >= 0.6 is 11.6 Å². The topological polar surface area (TPSA) is 80.7 Å². The van der Waals surface area contributed by atoms with Crippen molar-refractivity contribution in [2.75, 3.05) is 20.8 Å². The molecule has 1 amide bonds. The van der Waals surface area contributed by atoms with Crippen molar-refractivity contribution in [3.63, 3.8) is 0 Å². The summed E-state index contributed by atoms with van der Waals surface area (Å²) in [5.41, 5.74) is 1.62. The largest absolute Gasteiger partial charge is 0.493 e. The summed E-state index contributed by atoms with van der Waals surface area (Å²) in [7, 11) is 3.02. The molecule has 2 N–H and O–H groups in total. The van der Waals surface area contributed by atoms with Crippen molar-refractivity contribution in [3.8, 4) is 11.5 Å². The van der Waals surface area contributed by atoms with E-state index in [1.165, 1.54) is 14.2 Å². The second-order valence-corrected chi connectivity index (χ2v) is 5.50. The van der Waals surface area contributed by atoms with Crippen molar-refractivity contribution in [2.24, 2.45) is 0 Å². The normalized spacial score (nSPS) is 11.7. The highest BCUT2D eigenvalue weighted by atomic mass is 35.5. The predicted molar refractivity (Wildman–Crippen MR) is 90.8 cm³/mol. The Morgan fingerprint density at radius 2 is 1.96 bits per heavy atom. The van der Waals surface area contributed by atoms with E-state index in [2.05, 4.69) is 10.3 Å². The molecule has 0 aliphatic heterocycles. The average molecular weight is 351 g/mol. The van der Waals surface area contributed by atoms with Crippen LogP contribution in [0.15, 0.2) is 30.3 Å². The van der Waals surface area contributed by atoms with Crippen LogP contribution in [0.3, 0.4) is 0 Å². The number of ether oxygens (including phenoxy) is 2. The average Bonchev–Trinajstić information content (AvgIpc) is 2.60. The van der Waals surface area contributed by atoms with Crippen LogP contribution in [0.5, 0.6) is 11.5 Å². The summed E-state index contributed by atoms with van der Waals surface area (Å²) in [6, 6.07) is 8.27. The fourth-order valence-corrected chi connectivity index (χ4v) is 2.24. The number of carbonyl (C=O) groups excluding carboxylic acids is 1. The molecule has 24 heavy (non-hydrogen) atoms. The molecule has 0 aliphatic carbocycles. The van der Waals surface area contributed by atoms with Gasteiger partial charge in [0.25, 0.3) is 5.91 Å². The second kappa shape index (κ2) is 7.99. The number of aliphatic hydroxyl groups is 1. The maximum absolute atomic E-state index is 12.2. The van der Waals surface area contributed by atoms with Gasteiger partial charge in [0.1, 0.15) is 11.3 Å². The zero-order valence-corrected chi connectivity index (χ0v) is 14.4. The van der Waals surface area contributed by atoms with Gasteiger partial charge in [-0.1, -0.05) is 17.7 Å². The molecule has 2 rings (SSSR count). The first-order chi connectivity index (χ1) is 11.5. The van der Waals surface area contributed by atoms with Gasteiger partial charge in [-0.05, 0) is 36.8 Å². The van der Waals surface area contributed by atoms with Gasteiger partial charge in [-0.3, -0.25) is 4.79 Å². The van der Waals surface area contributed by atoms with Crippen LogP contribution in [-0.4, -0.2) is 36.8 Å². The number of methoxy groups -OCH3 is 2. The number of carbonyl (C=O) groups is 1. The molecule has 7 heteroatoms. The number of halogens is 1. The van der Waals surface area contributed by atoms with Crippen molar-refractivity contribution in [3.05, 3.63) is 52.3 Å². The van der Waals surface area contributed by atoms with E-state index in [0.717, 1.165) is 5.56 Å². The van der Waals surface area contributed by atoms with E-state index < -0.39 is 6.10 Å². The number of aryl methyl sites for hydroxylation is 1. The summed E-state index contributed by atoms with van der Waals surface area (Å²) in [6.07, 6.45) is -0.952. The fourth-order valence-electron chi connectivity index (χ4n) is 2.08. The molecule has 2 aromatic rings. The molecule has 1 unspecified atom stereocenters. The van der Waals surface area contributed by atoms with Crippen LogP contribution in [0.25, 0.3) is 0 Å². The SMILES string of the molecule is COc1ccc(C(=O)NCC(O)c2ccc(C)c(Cl)n2)cc1OC. The van der Waals surface area contributed by atoms with E-state index >= 15 is 0 Å². The number of rotatable bonds is 6. The summed E-state index contributed by atoms with van der Waals surface area (Å²) in [4.78, 5) is 16.3. The van der Waals surface area contributed by atoms with Crippen LogP contribution in [0.4, 0.5) is 0 Å². The Labute approximate surface area is 145 Å². The maximum Gasteiger partial charge on any atom is 0.251 e. The highest BCUT2D eigenvalue weighted by Crippen LogP contribution is 2.27. The number of hydrogen-bond donors (Lipinski definition) is 2. The maximum atomic E-state index is 12.2. The highest BCUT2D eigenvalue weighted by molar-refractivity contribution is 6.30. The van der Waals surface area contributed by atoms with Crippen molar-refractivity contribution >= 4 is 17.5 Å². The van der Waals surface area contributed by atoms with E-state index in [1.807, 2.05) is 6.92 Å². The van der Waals surface area contributed by atoms with E-state index in [-0.39, 0.29) is 12.5 Å². The summed E-state index contributed by atoms with van der Waals surface area (Å²) < 4.78 is 10.3. The number of aromatic nitrogens is 1. The molecule has 0 fully saturated rings. The Hall–Kier alpha value is -2.31. The summed E-state index contributed by atoms with van der Waals surface area (Å²) in [5.74, 6) is 0.651. The third-order valence-corrected chi connectivity index (χ3v) is 3.88. The standard InChI is InChI=1S/C17H19ClN2O4/c1-10-4-6-12(20-16(10)18)13(21)9-19-17(22)11-5-7-14(23-2)15(8-11)24-3/h4-8,13,21H,9H2,1-3H3,(H,19,22). The third kappa shape index (κ3) is 4.15. The molecular formula is C17H19ClN2O4. The fraction of sp³-hybridized carbons (Fsp3) is 0.294. The van der Waals surface area contributed by atoms with Crippen molar-refractivity contribution in [2.45, 2.75) is 13.0 Å². The number of nitrogens with zero attached hydrogens (tertiary/aromatic N) is 1. The van der Waals surface area contributed by atoms with Gasteiger partial charge in [-0.2, -0.15) is 0 Å². The first kappa shape index (κ1) is 18.0. The molecule has 0 spiro atoms. The van der Waals surface area contributed by atoms with Crippen LogP contribution in [0.2, 0.25) is 5.15 Å². The minimum Gasteiger partial charge on any atom is -0.493 e. The number of hydrogen-bond acceptors (Lipinski definition) is 5. The third-order valence-electron chi connectivity index (χ3n) is 3.50. The predicted octanol–water partition coefficient (Wildman–Crippen LogP) is 2.52. The molecule has 1 aromatic carbocycles. The molecule has 0 saturated heterocycles. The molecular weight excluding hydrogens is 332 g/mol. The zero-order chi connectivity index (χ0) is 17.7. The van der Waals surface area contributed by atoms with Crippen LogP contribution in [0, 0.1) is 6.92 Å². The molecule has 1 atom stereocenters. The van der Waals surface area contributed by atoms with Gasteiger partial charge >= 0.3 is 0 Å². The lowest BCUT2D eigenvalue weighted by molar-refractivity contribution is 0.0913. The van der Waals surface area contributed by atoms with E-state index in [1.54, 1.807) is 30.3 Å². The Kier molecular flexibility index (Phi) is 6.00. The highest BCUT2D eigenvalue weighted by Gasteiger charge is 2.14. The lowest BCUT2D eigenvalue weighted by Gasteiger charge is -2.13. The van der Waals surface area contributed by atoms with Gasteiger partial charge in [0.15, 0.2) is 11.5 Å². The second-order valence-electron chi connectivity index (χ2n) is 5.14. The van der Waals surface area contributed by atoms with Gasteiger partial charge in [0.05, 0.1) is 19.9 Å². The van der Waals surface area contributed by atoms with Crippen molar-refractivity contribution in [1.29, 1.82) is 0 Å². The van der Waals surface area contributed by atoms with E-state index in [4.69, 9.17) is 21.1 Å². The van der Waals surface area contributed by atoms with Gasteiger partial charge in [-0.25, -0.2) is 4.98 Å². The van der Waals surface area contributed by atoms with Gasteiger partial charge in [0.2, 0.25) is 0 Å². The zero-order valence-electron chi connectivity index (χ0n) is 13.7. The number of aliphatic hydroxyl groups excluding tert-OH is 1. The molecule has 0 saturated carbocycles. The van der Waals surface area contributed by atoms with Crippen LogP contribution in [-0.2, 0) is 0 Å². The van der Waals surface area contributed by atoms with Gasteiger partial charge < -0.3 is 19.9 Å². The minimum absolute atomic E-state index is 0.0135. The minimum atomic E-state index is -0.952.